The van der Waals surface area contributed by atoms with Gasteiger partial charge in [-0.2, -0.15) is 0 Å². The molecule has 0 atom stereocenters. The van der Waals surface area contributed by atoms with Crippen molar-refractivity contribution in [1.82, 2.24) is 25.4 Å². The number of halogens is 1. The first-order valence-electron chi connectivity index (χ1n) is 11.2. The summed E-state index contributed by atoms with van der Waals surface area (Å²) in [5.41, 5.74) is 1.04. The van der Waals surface area contributed by atoms with Crippen LogP contribution in [0.3, 0.4) is 0 Å². The first-order chi connectivity index (χ1) is 15.0. The van der Waals surface area contributed by atoms with Crippen LogP contribution in [0.2, 0.25) is 0 Å². The number of hydrogen-bond acceptors (Lipinski definition) is 6. The van der Waals surface area contributed by atoms with Crippen LogP contribution >= 0.6 is 24.0 Å². The summed E-state index contributed by atoms with van der Waals surface area (Å²) in [6, 6.07) is 6.49. The third-order valence-corrected chi connectivity index (χ3v) is 5.73. The summed E-state index contributed by atoms with van der Waals surface area (Å²) in [4.78, 5) is 27.5. The predicted octanol–water partition coefficient (Wildman–Crippen LogP) is 0.932. The highest BCUT2D eigenvalue weighted by molar-refractivity contribution is 14.0. The average molecular weight is 559 g/mol. The molecule has 1 aromatic heterocycles. The number of carbonyl (C=O) groups is 1. The zero-order chi connectivity index (χ0) is 22.1. The number of nitrogens with one attached hydrogen (secondary N) is 2. The van der Waals surface area contributed by atoms with Crippen LogP contribution < -0.4 is 15.5 Å². The van der Waals surface area contributed by atoms with Gasteiger partial charge in [-0.3, -0.25) is 9.69 Å². The van der Waals surface area contributed by atoms with Gasteiger partial charge in [0.1, 0.15) is 12.4 Å². The number of ether oxygens (including phenoxy) is 1. The number of aryl methyl sites for hydroxylation is 1. The summed E-state index contributed by atoms with van der Waals surface area (Å²) >= 11 is 0. The van der Waals surface area contributed by atoms with E-state index in [1.54, 1.807) is 19.0 Å². The summed E-state index contributed by atoms with van der Waals surface area (Å²) in [5.74, 6) is 1.76. The Kier molecular flexibility index (Phi) is 11.5. The summed E-state index contributed by atoms with van der Waals surface area (Å²) in [7, 11) is 3.51. The number of likely N-dealkylation sites (N-methyl/N-ethyl adjacent to an activating group) is 1. The van der Waals surface area contributed by atoms with Gasteiger partial charge >= 0.3 is 0 Å². The van der Waals surface area contributed by atoms with Gasteiger partial charge in [0.25, 0.3) is 0 Å². The molecule has 0 spiro atoms. The molecule has 0 aromatic carbocycles. The van der Waals surface area contributed by atoms with Crippen LogP contribution in [0.15, 0.2) is 23.2 Å². The molecule has 2 fully saturated rings. The summed E-state index contributed by atoms with van der Waals surface area (Å²) in [6.07, 6.45) is 2.00. The number of piperidine rings is 1. The molecule has 3 rings (SSSR count). The van der Waals surface area contributed by atoms with Gasteiger partial charge in [-0.15, -0.1) is 24.0 Å². The fourth-order valence-electron chi connectivity index (χ4n) is 3.75. The molecule has 2 saturated heterocycles. The van der Waals surface area contributed by atoms with Gasteiger partial charge in [0.05, 0.1) is 13.2 Å². The van der Waals surface area contributed by atoms with E-state index in [1.807, 2.05) is 13.0 Å². The van der Waals surface area contributed by atoms with Gasteiger partial charge in [0.15, 0.2) is 5.96 Å². The topological polar surface area (TPSA) is 85.3 Å². The fourth-order valence-corrected chi connectivity index (χ4v) is 3.75. The van der Waals surface area contributed by atoms with Crippen molar-refractivity contribution in [2.24, 2.45) is 4.99 Å². The Morgan fingerprint density at radius 1 is 1.22 bits per heavy atom. The molecule has 2 aliphatic rings. The molecule has 0 bridgehead atoms. The Bertz CT molecular complexity index is 733. The fraction of sp³-hybridized carbons (Fsp3) is 0.682. The van der Waals surface area contributed by atoms with Crippen LogP contribution in [-0.2, 0) is 9.53 Å². The number of aromatic nitrogens is 1. The Labute approximate surface area is 209 Å². The number of guanidine groups is 1. The number of hydrogen-bond donors (Lipinski definition) is 2. The van der Waals surface area contributed by atoms with E-state index in [2.05, 4.69) is 42.5 Å². The highest BCUT2D eigenvalue weighted by Crippen LogP contribution is 2.18. The lowest BCUT2D eigenvalue weighted by molar-refractivity contribution is -0.127. The van der Waals surface area contributed by atoms with Crippen molar-refractivity contribution in [1.29, 1.82) is 0 Å². The van der Waals surface area contributed by atoms with Crippen molar-refractivity contribution >= 4 is 41.7 Å². The van der Waals surface area contributed by atoms with E-state index >= 15 is 0 Å². The number of carbonyl (C=O) groups excluding carboxylic acids is 1. The van der Waals surface area contributed by atoms with Gasteiger partial charge in [-0.05, 0) is 31.9 Å². The Morgan fingerprint density at radius 3 is 2.59 bits per heavy atom. The molecule has 3 heterocycles. The first kappa shape index (κ1) is 26.6. The molecule has 10 heteroatoms. The lowest BCUT2D eigenvalue weighted by atomic mass is 10.1. The lowest BCUT2D eigenvalue weighted by Gasteiger charge is -2.34. The second-order valence-electron chi connectivity index (χ2n) is 8.38. The molecule has 2 aliphatic heterocycles. The van der Waals surface area contributed by atoms with Crippen LogP contribution in [0.4, 0.5) is 5.82 Å². The van der Waals surface area contributed by atoms with Crippen molar-refractivity contribution in [2.45, 2.75) is 25.8 Å². The molecule has 0 unspecified atom stereocenters. The number of rotatable bonds is 7. The van der Waals surface area contributed by atoms with Gasteiger partial charge in [-0.1, -0.05) is 6.07 Å². The predicted molar refractivity (Wildman–Crippen MR) is 139 cm³/mol. The monoisotopic (exact) mass is 559 g/mol. The maximum absolute atomic E-state index is 12.0. The van der Waals surface area contributed by atoms with Crippen LogP contribution in [0.1, 0.15) is 18.5 Å². The molecule has 0 saturated carbocycles. The van der Waals surface area contributed by atoms with Gasteiger partial charge in [0.2, 0.25) is 5.91 Å². The maximum atomic E-state index is 12.0. The third kappa shape index (κ3) is 8.70. The van der Waals surface area contributed by atoms with Crippen LogP contribution in [0.25, 0.3) is 0 Å². The Hall–Kier alpha value is -1.66. The zero-order valence-corrected chi connectivity index (χ0v) is 21.9. The molecule has 1 aromatic rings. The average Bonchev–Trinajstić information content (AvgIpc) is 2.78. The van der Waals surface area contributed by atoms with E-state index in [1.165, 1.54) is 0 Å². The standard InChI is InChI=1S/C22H37N7O2.HI/c1-18-5-4-6-20(25-18)29-10-7-19(8-11-29)26-22(24-17-21(30)27(2)3)23-9-12-28-13-15-31-16-14-28;/h4-6,19H,7-17H2,1-3H3,(H2,23,24,26);1H. The summed E-state index contributed by atoms with van der Waals surface area (Å²) in [5, 5.41) is 6.97. The molecule has 0 radical (unpaired) electrons. The molecule has 9 nitrogen and oxygen atoms in total. The highest BCUT2D eigenvalue weighted by atomic mass is 127. The second-order valence-corrected chi connectivity index (χ2v) is 8.38. The number of aliphatic imine (C=N–C) groups is 1. The normalized spacial score (nSPS) is 18.1. The van der Waals surface area contributed by atoms with Crippen molar-refractivity contribution < 1.29 is 9.53 Å². The maximum Gasteiger partial charge on any atom is 0.243 e. The van der Waals surface area contributed by atoms with Crippen LogP contribution in [0, 0.1) is 6.92 Å². The summed E-state index contributed by atoms with van der Waals surface area (Å²) in [6.45, 7) is 9.31. The smallest absolute Gasteiger partial charge is 0.243 e. The number of amides is 1. The van der Waals surface area contributed by atoms with Gasteiger partial charge in [0, 0.05) is 65.1 Å². The summed E-state index contributed by atoms with van der Waals surface area (Å²) < 4.78 is 5.41. The Morgan fingerprint density at radius 2 is 1.94 bits per heavy atom. The second kappa shape index (κ2) is 13.8. The molecule has 180 valence electrons. The van der Waals surface area contributed by atoms with Crippen molar-refractivity contribution in [3.63, 3.8) is 0 Å². The van der Waals surface area contributed by atoms with E-state index in [-0.39, 0.29) is 36.4 Å². The van der Waals surface area contributed by atoms with Crippen molar-refractivity contribution in [2.75, 3.05) is 78.0 Å². The zero-order valence-electron chi connectivity index (χ0n) is 19.5. The first-order valence-corrected chi connectivity index (χ1v) is 11.2. The number of anilines is 1. The minimum absolute atomic E-state index is 0. The Balaban J connectivity index is 0.00000363. The number of pyridine rings is 1. The van der Waals surface area contributed by atoms with Crippen molar-refractivity contribution in [3.05, 3.63) is 23.9 Å². The molecule has 0 aliphatic carbocycles. The van der Waals surface area contributed by atoms with Crippen LogP contribution in [0.5, 0.6) is 0 Å². The molecular weight excluding hydrogens is 521 g/mol. The van der Waals surface area contributed by atoms with Crippen LogP contribution in [-0.4, -0.2) is 106 Å². The molecule has 1 amide bonds. The SMILES string of the molecule is Cc1cccc(N2CCC(NC(=NCC(=O)N(C)C)NCCN3CCOCC3)CC2)n1.I. The molecule has 32 heavy (non-hydrogen) atoms. The van der Waals surface area contributed by atoms with E-state index in [9.17, 15) is 4.79 Å². The van der Waals surface area contributed by atoms with E-state index in [0.717, 1.165) is 82.8 Å². The molecular formula is C22H38IN7O2. The van der Waals surface area contributed by atoms with Gasteiger partial charge < -0.3 is 25.2 Å². The quantitative estimate of drug-likeness (QED) is 0.292. The highest BCUT2D eigenvalue weighted by Gasteiger charge is 2.21. The lowest BCUT2D eigenvalue weighted by Crippen LogP contribution is -2.50. The molecule has 2 N–H and O–H groups in total. The van der Waals surface area contributed by atoms with E-state index in [0.29, 0.717) is 6.04 Å². The number of morpholine rings is 1. The van der Waals surface area contributed by atoms with E-state index < -0.39 is 0 Å². The van der Waals surface area contributed by atoms with E-state index in [4.69, 9.17) is 4.74 Å². The number of nitrogens with zero attached hydrogens (tertiary/aromatic N) is 5. The minimum Gasteiger partial charge on any atom is -0.379 e. The van der Waals surface area contributed by atoms with Crippen molar-refractivity contribution in [3.8, 4) is 0 Å². The largest absolute Gasteiger partial charge is 0.379 e. The third-order valence-electron chi connectivity index (χ3n) is 5.73. The minimum atomic E-state index is -0.00498. The van der Waals surface area contributed by atoms with Gasteiger partial charge in [-0.25, -0.2) is 9.98 Å².